The smallest absolute Gasteiger partial charge is 0.249 e. The lowest BCUT2D eigenvalue weighted by Crippen LogP contribution is -2.25. The highest BCUT2D eigenvalue weighted by atomic mass is 35.5. The predicted molar refractivity (Wildman–Crippen MR) is 104 cm³/mol. The van der Waals surface area contributed by atoms with Crippen LogP contribution in [0.1, 0.15) is 29.8 Å². The first-order valence-electron chi connectivity index (χ1n) is 8.58. The quantitative estimate of drug-likeness (QED) is 0.696. The van der Waals surface area contributed by atoms with E-state index in [1.807, 2.05) is 32.9 Å². The molecule has 0 aliphatic rings. The highest BCUT2D eigenvalue weighted by molar-refractivity contribution is 6.31. The number of hydrogen-bond donors (Lipinski definition) is 1. The number of ether oxygens (including phenoxy) is 1. The molecule has 0 aliphatic heterocycles. The molecule has 0 fully saturated rings. The molecule has 2 heterocycles. The summed E-state index contributed by atoms with van der Waals surface area (Å²) in [6.45, 7) is 7.88. The van der Waals surface area contributed by atoms with Gasteiger partial charge >= 0.3 is 0 Å². The number of nitrogens with zero attached hydrogens (tertiary/aromatic N) is 4. The molecule has 0 saturated heterocycles. The molecular weight excluding hydrogens is 366 g/mol. The molecule has 2 aromatic heterocycles. The van der Waals surface area contributed by atoms with Crippen molar-refractivity contribution in [3.63, 3.8) is 0 Å². The van der Waals surface area contributed by atoms with E-state index in [2.05, 4.69) is 21.6 Å². The van der Waals surface area contributed by atoms with Crippen LogP contribution in [-0.4, -0.2) is 25.5 Å². The van der Waals surface area contributed by atoms with Crippen molar-refractivity contribution in [2.24, 2.45) is 0 Å². The second kappa shape index (κ2) is 7.84. The first-order valence-corrected chi connectivity index (χ1v) is 8.96. The van der Waals surface area contributed by atoms with E-state index < -0.39 is 6.04 Å². The number of carbonyl (C=O) groups is 1. The molecular formula is C19H22ClN5O2. The van der Waals surface area contributed by atoms with Crippen molar-refractivity contribution in [3.8, 4) is 5.75 Å². The second-order valence-electron chi connectivity index (χ2n) is 6.50. The van der Waals surface area contributed by atoms with Crippen LogP contribution in [0.25, 0.3) is 0 Å². The number of aromatic nitrogens is 4. The molecule has 3 aromatic rings. The summed E-state index contributed by atoms with van der Waals surface area (Å²) >= 11 is 6.00. The van der Waals surface area contributed by atoms with E-state index in [1.54, 1.807) is 28.7 Å². The molecule has 7 nitrogen and oxygen atoms in total. The number of halogens is 1. The van der Waals surface area contributed by atoms with Gasteiger partial charge in [0.1, 0.15) is 11.8 Å². The zero-order chi connectivity index (χ0) is 19.6. The van der Waals surface area contributed by atoms with Crippen molar-refractivity contribution < 1.29 is 9.53 Å². The summed E-state index contributed by atoms with van der Waals surface area (Å²) in [6, 6.07) is 5.51. The van der Waals surface area contributed by atoms with Crippen LogP contribution in [-0.2, 0) is 11.5 Å². The number of carbonyl (C=O) groups excluding carboxylic acids is 1. The minimum absolute atomic E-state index is 0.201. The molecule has 0 bridgehead atoms. The highest BCUT2D eigenvalue weighted by Crippen LogP contribution is 2.20. The van der Waals surface area contributed by atoms with Gasteiger partial charge in [0.25, 0.3) is 0 Å². The average molecular weight is 388 g/mol. The van der Waals surface area contributed by atoms with Crippen LogP contribution in [0.3, 0.4) is 0 Å². The van der Waals surface area contributed by atoms with Gasteiger partial charge in [-0.3, -0.25) is 9.48 Å². The Kier molecular flexibility index (Phi) is 5.51. The average Bonchev–Trinajstić information content (AvgIpc) is 3.20. The van der Waals surface area contributed by atoms with Crippen molar-refractivity contribution in [3.05, 3.63) is 58.6 Å². The van der Waals surface area contributed by atoms with E-state index >= 15 is 0 Å². The molecule has 27 heavy (non-hydrogen) atoms. The van der Waals surface area contributed by atoms with Gasteiger partial charge in [-0.15, -0.1) is 0 Å². The third kappa shape index (κ3) is 4.31. The van der Waals surface area contributed by atoms with Gasteiger partial charge in [-0.1, -0.05) is 29.3 Å². The standard InChI is InChI=1S/C19H22ClN5O2/c1-12-5-6-18(13(2)7-12)27-11-24-10-16(8-21-24)23-19(26)15(4)25-14(3)17(20)9-22-25/h5-10,15H,11H2,1-4H3,(H,23,26). The highest BCUT2D eigenvalue weighted by Gasteiger charge is 2.19. The van der Waals surface area contributed by atoms with Crippen LogP contribution in [0.4, 0.5) is 5.69 Å². The number of nitrogens with one attached hydrogen (secondary N) is 1. The van der Waals surface area contributed by atoms with Gasteiger partial charge in [0.2, 0.25) is 5.91 Å². The zero-order valence-electron chi connectivity index (χ0n) is 15.7. The molecule has 1 amide bonds. The van der Waals surface area contributed by atoms with Crippen molar-refractivity contribution in [2.75, 3.05) is 5.32 Å². The maximum absolute atomic E-state index is 12.5. The minimum Gasteiger partial charge on any atom is -0.471 e. The van der Waals surface area contributed by atoms with Gasteiger partial charge in [0, 0.05) is 0 Å². The Balaban J connectivity index is 1.60. The largest absolute Gasteiger partial charge is 0.471 e. The summed E-state index contributed by atoms with van der Waals surface area (Å²) in [7, 11) is 0. The molecule has 3 rings (SSSR count). The SMILES string of the molecule is Cc1ccc(OCn2cc(NC(=O)C(C)n3ncc(Cl)c3C)cn2)c(C)c1. The Morgan fingerprint density at radius 3 is 2.70 bits per heavy atom. The first kappa shape index (κ1) is 19.0. The van der Waals surface area contributed by atoms with Crippen molar-refractivity contribution in [2.45, 2.75) is 40.5 Å². The van der Waals surface area contributed by atoms with Gasteiger partial charge in [-0.25, -0.2) is 4.68 Å². The monoisotopic (exact) mass is 387 g/mol. The van der Waals surface area contributed by atoms with Gasteiger partial charge in [0.15, 0.2) is 6.73 Å². The number of aryl methyl sites for hydroxylation is 2. The lowest BCUT2D eigenvalue weighted by atomic mass is 10.1. The van der Waals surface area contributed by atoms with Crippen molar-refractivity contribution in [1.29, 1.82) is 0 Å². The van der Waals surface area contributed by atoms with Crippen LogP contribution >= 0.6 is 11.6 Å². The van der Waals surface area contributed by atoms with Crippen molar-refractivity contribution >= 4 is 23.2 Å². The number of hydrogen-bond acceptors (Lipinski definition) is 4. The topological polar surface area (TPSA) is 74.0 Å². The Bertz CT molecular complexity index is 963. The fourth-order valence-corrected chi connectivity index (χ4v) is 2.88. The zero-order valence-corrected chi connectivity index (χ0v) is 16.5. The Morgan fingerprint density at radius 2 is 2.04 bits per heavy atom. The molecule has 1 atom stereocenters. The molecule has 142 valence electrons. The van der Waals surface area contributed by atoms with E-state index in [0.29, 0.717) is 10.7 Å². The van der Waals surface area contributed by atoms with E-state index in [4.69, 9.17) is 16.3 Å². The third-order valence-electron chi connectivity index (χ3n) is 4.31. The Hall–Kier alpha value is -2.80. The summed E-state index contributed by atoms with van der Waals surface area (Å²) in [5.74, 6) is 0.606. The molecule has 0 saturated carbocycles. The van der Waals surface area contributed by atoms with Crippen LogP contribution < -0.4 is 10.1 Å². The lowest BCUT2D eigenvalue weighted by molar-refractivity contribution is -0.119. The summed E-state index contributed by atoms with van der Waals surface area (Å²) in [4.78, 5) is 12.5. The third-order valence-corrected chi connectivity index (χ3v) is 4.69. The normalized spacial score (nSPS) is 12.0. The maximum atomic E-state index is 12.5. The summed E-state index contributed by atoms with van der Waals surface area (Å²) < 4.78 is 9.00. The number of benzene rings is 1. The number of anilines is 1. The van der Waals surface area contributed by atoms with Crippen molar-refractivity contribution in [1.82, 2.24) is 19.6 Å². The van der Waals surface area contributed by atoms with Gasteiger partial charge in [-0.2, -0.15) is 10.2 Å². The van der Waals surface area contributed by atoms with Crippen LogP contribution in [0, 0.1) is 20.8 Å². The second-order valence-corrected chi connectivity index (χ2v) is 6.91. The molecule has 1 N–H and O–H groups in total. The fraction of sp³-hybridized carbons (Fsp3) is 0.316. The summed E-state index contributed by atoms with van der Waals surface area (Å²) in [6.07, 6.45) is 4.83. The molecule has 1 unspecified atom stereocenters. The van der Waals surface area contributed by atoms with Gasteiger partial charge < -0.3 is 10.1 Å². The number of rotatable bonds is 6. The molecule has 1 aromatic carbocycles. The maximum Gasteiger partial charge on any atom is 0.249 e. The fourth-order valence-electron chi connectivity index (χ4n) is 2.75. The molecule has 0 aliphatic carbocycles. The molecule has 0 radical (unpaired) electrons. The van der Waals surface area contributed by atoms with Crippen LogP contribution in [0.2, 0.25) is 5.02 Å². The van der Waals surface area contributed by atoms with E-state index in [1.165, 1.54) is 11.8 Å². The minimum atomic E-state index is -0.493. The van der Waals surface area contributed by atoms with E-state index in [-0.39, 0.29) is 12.6 Å². The van der Waals surface area contributed by atoms with Gasteiger partial charge in [0.05, 0.1) is 35.0 Å². The predicted octanol–water partition coefficient (Wildman–Crippen LogP) is 3.89. The van der Waals surface area contributed by atoms with Crippen LogP contribution in [0.5, 0.6) is 5.75 Å². The van der Waals surface area contributed by atoms with Gasteiger partial charge in [-0.05, 0) is 39.3 Å². The number of amides is 1. The summed E-state index contributed by atoms with van der Waals surface area (Å²) in [5, 5.41) is 11.7. The first-order chi connectivity index (χ1) is 12.8. The van der Waals surface area contributed by atoms with Crippen LogP contribution in [0.15, 0.2) is 36.8 Å². The molecule has 8 heteroatoms. The van der Waals surface area contributed by atoms with E-state index in [9.17, 15) is 4.79 Å². The lowest BCUT2D eigenvalue weighted by Gasteiger charge is -2.13. The Labute approximate surface area is 162 Å². The summed E-state index contributed by atoms with van der Waals surface area (Å²) in [5.41, 5.74) is 3.59. The van der Waals surface area contributed by atoms with E-state index in [0.717, 1.165) is 17.0 Å². The Morgan fingerprint density at radius 1 is 1.26 bits per heavy atom. The molecule has 0 spiro atoms.